The summed E-state index contributed by atoms with van der Waals surface area (Å²) in [5, 5.41) is 9.95. The number of carbonyl (C=O) groups is 1. The van der Waals surface area contributed by atoms with E-state index in [2.05, 4.69) is 13.0 Å². The highest BCUT2D eigenvalue weighted by molar-refractivity contribution is 5.84. The van der Waals surface area contributed by atoms with Crippen LogP contribution in [0.25, 0.3) is 0 Å². The number of hydrogen-bond donors (Lipinski definition) is 1. The summed E-state index contributed by atoms with van der Waals surface area (Å²) in [6.07, 6.45) is 4.26. The van der Waals surface area contributed by atoms with E-state index in [-0.39, 0.29) is 5.91 Å². The Morgan fingerprint density at radius 2 is 2.10 bits per heavy atom. The van der Waals surface area contributed by atoms with Gasteiger partial charge in [-0.3, -0.25) is 4.79 Å². The minimum atomic E-state index is -0.830. The predicted molar refractivity (Wildman–Crippen MR) is 80.5 cm³/mol. The summed E-state index contributed by atoms with van der Waals surface area (Å²) in [6, 6.07) is 0. The average Bonchev–Trinajstić information content (AvgIpc) is 2.38. The highest BCUT2D eigenvalue weighted by Gasteiger charge is 2.33. The molecule has 0 aromatic rings. The van der Waals surface area contributed by atoms with Crippen molar-refractivity contribution in [1.29, 1.82) is 0 Å². The van der Waals surface area contributed by atoms with E-state index in [1.807, 2.05) is 11.8 Å². The quantitative estimate of drug-likeness (QED) is 0.762. The van der Waals surface area contributed by atoms with Crippen LogP contribution in [-0.4, -0.2) is 46.8 Å². The molecule has 116 valence electrons. The molecule has 20 heavy (non-hydrogen) atoms. The van der Waals surface area contributed by atoms with Crippen LogP contribution in [-0.2, 0) is 9.53 Å². The van der Waals surface area contributed by atoms with Crippen molar-refractivity contribution in [2.75, 3.05) is 19.7 Å². The molecule has 1 unspecified atom stereocenters. The zero-order chi connectivity index (χ0) is 15.4. The Morgan fingerprint density at radius 3 is 2.60 bits per heavy atom. The number of nitrogens with zero attached hydrogens (tertiary/aromatic N) is 1. The molecule has 1 atom stereocenters. The van der Waals surface area contributed by atoms with Gasteiger partial charge < -0.3 is 14.7 Å². The molecule has 1 aliphatic rings. The van der Waals surface area contributed by atoms with E-state index in [1.165, 1.54) is 5.57 Å². The van der Waals surface area contributed by atoms with Gasteiger partial charge in [-0.05, 0) is 47.0 Å². The molecule has 0 bridgehead atoms. The molecule has 1 amide bonds. The van der Waals surface area contributed by atoms with Crippen molar-refractivity contribution < 1.29 is 14.6 Å². The normalized spacial score (nSPS) is 19.5. The Morgan fingerprint density at radius 1 is 1.45 bits per heavy atom. The lowest BCUT2D eigenvalue weighted by Crippen LogP contribution is -2.48. The molecule has 4 nitrogen and oxygen atoms in total. The van der Waals surface area contributed by atoms with Gasteiger partial charge in [0.1, 0.15) is 5.60 Å². The van der Waals surface area contributed by atoms with Gasteiger partial charge in [0.25, 0.3) is 5.91 Å². The highest BCUT2D eigenvalue weighted by atomic mass is 16.5. The molecule has 1 N–H and O–H groups in total. The van der Waals surface area contributed by atoms with Gasteiger partial charge >= 0.3 is 0 Å². The summed E-state index contributed by atoms with van der Waals surface area (Å²) < 4.78 is 5.74. The van der Waals surface area contributed by atoms with Crippen LogP contribution in [0.3, 0.4) is 0 Å². The van der Waals surface area contributed by atoms with Crippen molar-refractivity contribution >= 4 is 5.91 Å². The van der Waals surface area contributed by atoms with Gasteiger partial charge in [-0.25, -0.2) is 0 Å². The third-order valence-electron chi connectivity index (χ3n) is 4.10. The van der Waals surface area contributed by atoms with Crippen molar-refractivity contribution in [3.05, 3.63) is 11.6 Å². The molecule has 0 aliphatic carbocycles. The number of amides is 1. The smallest absolute Gasteiger partial charge is 0.254 e. The summed E-state index contributed by atoms with van der Waals surface area (Å²) in [7, 11) is 0. The van der Waals surface area contributed by atoms with Crippen LogP contribution >= 0.6 is 0 Å². The van der Waals surface area contributed by atoms with Crippen LogP contribution in [0.15, 0.2) is 11.6 Å². The first-order valence-corrected chi connectivity index (χ1v) is 7.49. The van der Waals surface area contributed by atoms with E-state index in [0.717, 1.165) is 13.0 Å². The van der Waals surface area contributed by atoms with Gasteiger partial charge in [-0.1, -0.05) is 18.6 Å². The SMILES string of the molecule is CCC(C)(O)CCOC(C)(C)C(=O)N1CC=C(C)CC1. The van der Waals surface area contributed by atoms with E-state index >= 15 is 0 Å². The molecule has 1 rings (SSSR count). The van der Waals surface area contributed by atoms with Gasteiger partial charge in [-0.2, -0.15) is 0 Å². The molecular formula is C16H29NO3. The zero-order valence-corrected chi connectivity index (χ0v) is 13.5. The maximum absolute atomic E-state index is 12.5. The minimum absolute atomic E-state index is 0.0254. The first-order valence-electron chi connectivity index (χ1n) is 7.49. The van der Waals surface area contributed by atoms with Crippen LogP contribution in [0.2, 0.25) is 0 Å². The Kier molecular flexibility index (Phi) is 5.78. The minimum Gasteiger partial charge on any atom is -0.390 e. The van der Waals surface area contributed by atoms with Crippen molar-refractivity contribution in [2.24, 2.45) is 0 Å². The molecule has 0 aromatic carbocycles. The Balaban J connectivity index is 2.49. The summed E-state index contributed by atoms with van der Waals surface area (Å²) >= 11 is 0. The first-order chi connectivity index (χ1) is 9.18. The Labute approximate surface area is 122 Å². The van der Waals surface area contributed by atoms with E-state index < -0.39 is 11.2 Å². The van der Waals surface area contributed by atoms with Crippen molar-refractivity contribution in [3.8, 4) is 0 Å². The lowest BCUT2D eigenvalue weighted by atomic mass is 9.99. The van der Waals surface area contributed by atoms with Gasteiger partial charge in [0.2, 0.25) is 0 Å². The lowest BCUT2D eigenvalue weighted by molar-refractivity contribution is -0.155. The monoisotopic (exact) mass is 283 g/mol. The Bertz CT molecular complexity index is 372. The summed E-state index contributed by atoms with van der Waals surface area (Å²) in [5.74, 6) is 0.0254. The Hall–Kier alpha value is -0.870. The number of hydrogen-bond acceptors (Lipinski definition) is 3. The summed E-state index contributed by atoms with van der Waals surface area (Å²) in [5.41, 5.74) is -0.209. The third-order valence-corrected chi connectivity index (χ3v) is 4.10. The number of rotatable bonds is 6. The maximum Gasteiger partial charge on any atom is 0.254 e. The lowest BCUT2D eigenvalue weighted by Gasteiger charge is -2.34. The topological polar surface area (TPSA) is 49.8 Å². The van der Waals surface area contributed by atoms with Gasteiger partial charge in [-0.15, -0.1) is 0 Å². The molecule has 1 aliphatic heterocycles. The summed E-state index contributed by atoms with van der Waals surface area (Å²) in [4.78, 5) is 14.3. The van der Waals surface area contributed by atoms with Crippen molar-refractivity contribution in [3.63, 3.8) is 0 Å². The molecule has 4 heteroatoms. The van der Waals surface area contributed by atoms with E-state index in [0.29, 0.717) is 26.0 Å². The van der Waals surface area contributed by atoms with Crippen molar-refractivity contribution in [2.45, 2.75) is 65.1 Å². The molecule has 0 saturated heterocycles. The van der Waals surface area contributed by atoms with Crippen LogP contribution in [0.4, 0.5) is 0 Å². The largest absolute Gasteiger partial charge is 0.390 e. The number of carbonyl (C=O) groups excluding carboxylic acids is 1. The summed E-state index contributed by atoms with van der Waals surface area (Å²) in [6.45, 7) is 11.3. The van der Waals surface area contributed by atoms with Crippen LogP contribution < -0.4 is 0 Å². The van der Waals surface area contributed by atoms with Gasteiger partial charge in [0.15, 0.2) is 0 Å². The standard InChI is InChI=1S/C16H29NO3/c1-6-16(5,19)9-12-20-15(3,4)14(18)17-10-7-13(2)8-11-17/h7,19H,6,8-12H2,1-5H3. The molecule has 1 heterocycles. The molecular weight excluding hydrogens is 254 g/mol. The molecule has 0 aromatic heterocycles. The van der Waals surface area contributed by atoms with Crippen molar-refractivity contribution in [1.82, 2.24) is 4.90 Å². The van der Waals surface area contributed by atoms with Crippen LogP contribution in [0, 0.1) is 0 Å². The second-order valence-corrected chi connectivity index (χ2v) is 6.51. The second-order valence-electron chi connectivity index (χ2n) is 6.51. The second kappa shape index (κ2) is 6.72. The van der Waals surface area contributed by atoms with E-state index in [1.54, 1.807) is 20.8 Å². The fraction of sp³-hybridized carbons (Fsp3) is 0.812. The van der Waals surface area contributed by atoms with Crippen LogP contribution in [0.1, 0.15) is 53.9 Å². The molecule has 0 fully saturated rings. The molecule has 0 radical (unpaired) electrons. The van der Waals surface area contributed by atoms with E-state index in [9.17, 15) is 9.90 Å². The van der Waals surface area contributed by atoms with E-state index in [4.69, 9.17) is 4.74 Å². The number of ether oxygens (including phenoxy) is 1. The molecule has 0 spiro atoms. The number of aliphatic hydroxyl groups is 1. The van der Waals surface area contributed by atoms with Crippen LogP contribution in [0.5, 0.6) is 0 Å². The molecule has 0 saturated carbocycles. The zero-order valence-electron chi connectivity index (χ0n) is 13.5. The third kappa shape index (κ3) is 4.91. The van der Waals surface area contributed by atoms with Gasteiger partial charge in [0, 0.05) is 13.1 Å². The maximum atomic E-state index is 12.5. The highest BCUT2D eigenvalue weighted by Crippen LogP contribution is 2.20. The fourth-order valence-corrected chi connectivity index (χ4v) is 2.10. The first kappa shape index (κ1) is 17.2. The fourth-order valence-electron chi connectivity index (χ4n) is 2.10. The average molecular weight is 283 g/mol. The predicted octanol–water partition coefficient (Wildman–Crippen LogP) is 2.51. The van der Waals surface area contributed by atoms with Gasteiger partial charge in [0.05, 0.1) is 12.2 Å².